The van der Waals surface area contributed by atoms with E-state index >= 15 is 0 Å². The van der Waals surface area contributed by atoms with Crippen molar-refractivity contribution >= 4 is 10.9 Å². The number of hydrogen-bond acceptors (Lipinski definition) is 5. The lowest BCUT2D eigenvalue weighted by atomic mass is 10.0. The SMILES string of the molecule is CCc1ccc2[nH]c(=O)c(CN(Cc3ccc(F)cc3)[C@H](CC)c3nnnn3C(C)(C)CC)cc2c1. The average molecular weight is 491 g/mol. The molecular weight excluding hydrogens is 455 g/mol. The van der Waals surface area contributed by atoms with Gasteiger partial charge in [-0.15, -0.1) is 5.10 Å². The monoisotopic (exact) mass is 490 g/mol. The highest BCUT2D eigenvalue weighted by Crippen LogP contribution is 2.30. The number of nitrogens with zero attached hydrogens (tertiary/aromatic N) is 5. The van der Waals surface area contributed by atoms with Gasteiger partial charge in [0.25, 0.3) is 5.56 Å². The van der Waals surface area contributed by atoms with Gasteiger partial charge in [-0.2, -0.15) is 0 Å². The first-order valence-electron chi connectivity index (χ1n) is 12.7. The first-order valence-corrected chi connectivity index (χ1v) is 12.7. The molecule has 0 aliphatic heterocycles. The first kappa shape index (κ1) is 25.7. The largest absolute Gasteiger partial charge is 0.322 e. The van der Waals surface area contributed by atoms with Gasteiger partial charge in [-0.3, -0.25) is 9.69 Å². The molecule has 0 unspecified atom stereocenters. The number of pyridine rings is 1. The summed E-state index contributed by atoms with van der Waals surface area (Å²) < 4.78 is 15.5. The van der Waals surface area contributed by atoms with Gasteiger partial charge in [-0.25, -0.2) is 9.07 Å². The van der Waals surface area contributed by atoms with Crippen LogP contribution in [0.4, 0.5) is 4.39 Å². The number of tetrazole rings is 1. The number of aryl methyl sites for hydroxylation is 1. The zero-order chi connectivity index (χ0) is 25.9. The third-order valence-corrected chi connectivity index (χ3v) is 7.12. The molecule has 8 heteroatoms. The summed E-state index contributed by atoms with van der Waals surface area (Å²) in [5.41, 5.74) is 3.30. The number of rotatable bonds is 10. The Kier molecular flexibility index (Phi) is 7.64. The summed E-state index contributed by atoms with van der Waals surface area (Å²) >= 11 is 0. The van der Waals surface area contributed by atoms with E-state index in [1.807, 2.05) is 22.9 Å². The number of aromatic amines is 1. The molecule has 4 rings (SSSR count). The summed E-state index contributed by atoms with van der Waals surface area (Å²) in [4.78, 5) is 18.4. The number of H-pyrrole nitrogens is 1. The Hall–Kier alpha value is -3.39. The van der Waals surface area contributed by atoms with E-state index < -0.39 is 0 Å². The lowest BCUT2D eigenvalue weighted by Gasteiger charge is -2.33. The van der Waals surface area contributed by atoms with Crippen molar-refractivity contribution in [3.05, 3.63) is 87.2 Å². The van der Waals surface area contributed by atoms with Crippen molar-refractivity contribution in [3.8, 4) is 0 Å². The number of benzene rings is 2. The normalized spacial score (nSPS) is 13.0. The maximum Gasteiger partial charge on any atom is 0.252 e. The maximum absolute atomic E-state index is 13.6. The second-order valence-corrected chi connectivity index (χ2v) is 9.97. The quantitative estimate of drug-likeness (QED) is 0.317. The Morgan fingerprint density at radius 3 is 2.42 bits per heavy atom. The fraction of sp³-hybridized carbons (Fsp3) is 0.429. The molecule has 2 heterocycles. The summed E-state index contributed by atoms with van der Waals surface area (Å²) in [7, 11) is 0. The van der Waals surface area contributed by atoms with E-state index in [1.54, 1.807) is 12.1 Å². The minimum atomic E-state index is -0.274. The van der Waals surface area contributed by atoms with E-state index in [1.165, 1.54) is 17.7 Å². The van der Waals surface area contributed by atoms with Crippen LogP contribution in [0.2, 0.25) is 0 Å². The second-order valence-electron chi connectivity index (χ2n) is 9.97. The Bertz CT molecular complexity index is 1380. The van der Waals surface area contributed by atoms with E-state index in [0.29, 0.717) is 18.7 Å². The van der Waals surface area contributed by atoms with Gasteiger partial charge in [0.2, 0.25) is 0 Å². The van der Waals surface area contributed by atoms with Crippen LogP contribution in [-0.2, 0) is 25.0 Å². The lowest BCUT2D eigenvalue weighted by molar-refractivity contribution is 0.150. The van der Waals surface area contributed by atoms with Gasteiger partial charge in [0, 0.05) is 24.2 Å². The topological polar surface area (TPSA) is 79.7 Å². The molecule has 0 aliphatic carbocycles. The van der Waals surface area contributed by atoms with Crippen molar-refractivity contribution < 1.29 is 4.39 Å². The highest BCUT2D eigenvalue weighted by atomic mass is 19.1. The van der Waals surface area contributed by atoms with Crippen LogP contribution in [0.15, 0.2) is 53.3 Å². The van der Waals surface area contributed by atoms with Crippen LogP contribution in [0.25, 0.3) is 10.9 Å². The first-order chi connectivity index (χ1) is 17.2. The van der Waals surface area contributed by atoms with Crippen LogP contribution >= 0.6 is 0 Å². The third-order valence-electron chi connectivity index (χ3n) is 7.12. The van der Waals surface area contributed by atoms with Gasteiger partial charge in [0.15, 0.2) is 5.82 Å². The molecule has 2 aromatic heterocycles. The van der Waals surface area contributed by atoms with E-state index in [-0.39, 0.29) is 23.0 Å². The standard InChI is InChI=1S/C28H35FN6O/c1-6-19-11-14-24-21(15-19)16-22(27(36)30-24)18-34(17-20-9-12-23(29)13-10-20)25(7-2)26-31-32-33-35(26)28(4,5)8-3/h9-16,25H,6-8,17-18H2,1-5H3,(H,30,36)/t25-/m1/s1. The predicted octanol–water partition coefficient (Wildman–Crippen LogP) is 5.51. The van der Waals surface area contributed by atoms with Gasteiger partial charge in [-0.1, -0.05) is 39.0 Å². The van der Waals surface area contributed by atoms with E-state index in [4.69, 9.17) is 0 Å². The van der Waals surface area contributed by atoms with Crippen molar-refractivity contribution in [3.63, 3.8) is 0 Å². The zero-order valence-electron chi connectivity index (χ0n) is 21.8. The molecule has 4 aromatic rings. The van der Waals surface area contributed by atoms with E-state index in [9.17, 15) is 9.18 Å². The van der Waals surface area contributed by atoms with Crippen LogP contribution in [-0.4, -0.2) is 30.1 Å². The molecule has 0 saturated carbocycles. The number of halogens is 1. The smallest absolute Gasteiger partial charge is 0.252 e. The second kappa shape index (κ2) is 10.7. The van der Waals surface area contributed by atoms with Gasteiger partial charge >= 0.3 is 0 Å². The van der Waals surface area contributed by atoms with Crippen molar-refractivity contribution in [1.29, 1.82) is 0 Å². The lowest BCUT2D eigenvalue weighted by Crippen LogP contribution is -2.36. The molecule has 1 atom stereocenters. The third kappa shape index (κ3) is 5.38. The molecular formula is C28H35FN6O. The van der Waals surface area contributed by atoms with Gasteiger partial charge in [0.1, 0.15) is 5.82 Å². The summed E-state index contributed by atoms with van der Waals surface area (Å²) in [6, 6.07) is 14.5. The number of fused-ring (bicyclic) bond motifs is 1. The molecule has 0 radical (unpaired) electrons. The van der Waals surface area contributed by atoms with Gasteiger partial charge < -0.3 is 4.98 Å². The predicted molar refractivity (Wildman–Crippen MR) is 140 cm³/mol. The maximum atomic E-state index is 13.6. The molecule has 2 aromatic carbocycles. The number of nitrogens with one attached hydrogen (secondary N) is 1. The minimum Gasteiger partial charge on any atom is -0.322 e. The zero-order valence-corrected chi connectivity index (χ0v) is 21.8. The van der Waals surface area contributed by atoms with Crippen molar-refractivity contribution in [2.24, 2.45) is 0 Å². The van der Waals surface area contributed by atoms with Crippen LogP contribution in [0.1, 0.15) is 76.0 Å². The number of aromatic nitrogens is 5. The summed E-state index contributed by atoms with van der Waals surface area (Å²) in [5, 5.41) is 13.8. The molecule has 0 bridgehead atoms. The molecule has 190 valence electrons. The number of hydrogen-bond donors (Lipinski definition) is 1. The van der Waals surface area contributed by atoms with Crippen LogP contribution in [0.3, 0.4) is 0 Å². The molecule has 0 fully saturated rings. The molecule has 0 saturated heterocycles. The molecule has 0 aliphatic rings. The highest BCUT2D eigenvalue weighted by Gasteiger charge is 2.31. The van der Waals surface area contributed by atoms with Crippen molar-refractivity contribution in [2.75, 3.05) is 0 Å². The van der Waals surface area contributed by atoms with Crippen LogP contribution in [0, 0.1) is 5.82 Å². The fourth-order valence-corrected chi connectivity index (χ4v) is 4.54. The molecule has 36 heavy (non-hydrogen) atoms. The minimum absolute atomic E-state index is 0.112. The summed E-state index contributed by atoms with van der Waals surface area (Å²) in [6.07, 6.45) is 2.53. The highest BCUT2D eigenvalue weighted by molar-refractivity contribution is 5.79. The molecule has 7 nitrogen and oxygen atoms in total. The molecule has 0 spiro atoms. The van der Waals surface area contributed by atoms with Gasteiger partial charge in [0.05, 0.1) is 11.6 Å². The Morgan fingerprint density at radius 2 is 1.75 bits per heavy atom. The Balaban J connectivity index is 1.77. The average Bonchev–Trinajstić information content (AvgIpc) is 3.36. The Morgan fingerprint density at radius 1 is 1.03 bits per heavy atom. The molecule has 1 N–H and O–H groups in total. The summed E-state index contributed by atoms with van der Waals surface area (Å²) in [5.74, 6) is 0.487. The van der Waals surface area contributed by atoms with Crippen molar-refractivity contribution in [2.45, 2.75) is 78.6 Å². The summed E-state index contributed by atoms with van der Waals surface area (Å²) in [6.45, 7) is 11.5. The van der Waals surface area contributed by atoms with E-state index in [2.05, 4.69) is 66.1 Å². The van der Waals surface area contributed by atoms with Crippen molar-refractivity contribution in [1.82, 2.24) is 30.1 Å². The van der Waals surface area contributed by atoms with Gasteiger partial charge in [-0.05, 0) is 90.4 Å². The van der Waals surface area contributed by atoms with Crippen LogP contribution < -0.4 is 5.56 Å². The Labute approximate surface area is 211 Å². The van der Waals surface area contributed by atoms with Crippen LogP contribution in [0.5, 0.6) is 0 Å². The van der Waals surface area contributed by atoms with E-state index in [0.717, 1.165) is 41.6 Å². The fourth-order valence-electron chi connectivity index (χ4n) is 4.54. The molecule has 0 amide bonds.